The van der Waals surface area contributed by atoms with Crippen LogP contribution in [-0.2, 0) is 16.1 Å². The number of nitrogens with zero attached hydrogens (tertiary/aromatic N) is 4. The van der Waals surface area contributed by atoms with Crippen LogP contribution in [0.2, 0.25) is 0 Å². The second-order valence-electron chi connectivity index (χ2n) is 6.12. The zero-order chi connectivity index (χ0) is 18.0. The number of hydrogen-bond acceptors (Lipinski definition) is 4. The highest BCUT2D eigenvalue weighted by molar-refractivity contribution is 5.82. The molecule has 1 aromatic heterocycles. The van der Waals surface area contributed by atoms with E-state index in [1.807, 2.05) is 11.1 Å². The second-order valence-corrected chi connectivity index (χ2v) is 6.12. The zero-order valence-corrected chi connectivity index (χ0v) is 13.9. The maximum atomic E-state index is 13.0. The molecule has 3 rings (SSSR count). The molecule has 8 heteroatoms. The lowest BCUT2D eigenvalue weighted by Gasteiger charge is -2.39. The third-order valence-corrected chi connectivity index (χ3v) is 4.38. The van der Waals surface area contributed by atoms with Crippen LogP contribution in [0.15, 0.2) is 36.7 Å². The average Bonchev–Trinajstić information content (AvgIpc) is 3.04. The van der Waals surface area contributed by atoms with Crippen LogP contribution in [0.5, 0.6) is 0 Å². The highest BCUT2D eigenvalue weighted by Gasteiger charge is 2.32. The third kappa shape index (κ3) is 3.85. The van der Waals surface area contributed by atoms with Gasteiger partial charge in [-0.25, -0.2) is 9.07 Å². The van der Waals surface area contributed by atoms with E-state index in [1.165, 1.54) is 19.1 Å². The van der Waals surface area contributed by atoms with Crippen molar-refractivity contribution >= 4 is 11.8 Å². The maximum absolute atomic E-state index is 13.0. The number of aromatic nitrogens is 2. The van der Waals surface area contributed by atoms with Gasteiger partial charge in [-0.1, -0.05) is 0 Å². The van der Waals surface area contributed by atoms with E-state index >= 15 is 0 Å². The Hall–Kier alpha value is -2.74. The fourth-order valence-electron chi connectivity index (χ4n) is 2.98. The van der Waals surface area contributed by atoms with Crippen molar-refractivity contribution in [2.45, 2.75) is 19.5 Å². The van der Waals surface area contributed by atoms with Crippen LogP contribution < -0.4 is 5.73 Å². The van der Waals surface area contributed by atoms with Gasteiger partial charge >= 0.3 is 0 Å². The zero-order valence-electron chi connectivity index (χ0n) is 13.9. The highest BCUT2D eigenvalue weighted by atomic mass is 19.1. The Bertz CT molecular complexity index is 774. The number of rotatable bonds is 4. The summed E-state index contributed by atoms with van der Waals surface area (Å²) in [5, 5.41) is 4.28. The highest BCUT2D eigenvalue weighted by Crippen LogP contribution is 2.16. The van der Waals surface area contributed by atoms with E-state index < -0.39 is 11.9 Å². The smallest absolute Gasteiger partial charge is 0.236 e. The van der Waals surface area contributed by atoms with Gasteiger partial charge in [-0.15, -0.1) is 0 Å². The van der Waals surface area contributed by atoms with Gasteiger partial charge < -0.3 is 10.6 Å². The van der Waals surface area contributed by atoms with Gasteiger partial charge in [-0.05, 0) is 24.3 Å². The molecule has 2 N–H and O–H groups in total. The number of halogens is 1. The molecule has 1 saturated heterocycles. The summed E-state index contributed by atoms with van der Waals surface area (Å²) in [6.07, 6.45) is 3.54. The molecule has 1 aliphatic heterocycles. The van der Waals surface area contributed by atoms with Gasteiger partial charge in [-0.3, -0.25) is 14.5 Å². The molecule has 132 valence electrons. The largest absolute Gasteiger partial charge is 0.368 e. The van der Waals surface area contributed by atoms with Gasteiger partial charge in [0, 0.05) is 44.9 Å². The Kier molecular flexibility index (Phi) is 4.80. The maximum Gasteiger partial charge on any atom is 0.236 e. The van der Waals surface area contributed by atoms with E-state index in [9.17, 15) is 14.0 Å². The van der Waals surface area contributed by atoms with Crippen molar-refractivity contribution < 1.29 is 14.0 Å². The number of benzene rings is 1. The van der Waals surface area contributed by atoms with Crippen molar-refractivity contribution in [1.29, 1.82) is 0 Å². The van der Waals surface area contributed by atoms with Crippen molar-refractivity contribution in [3.05, 3.63) is 48.0 Å². The number of carbonyl (C=O) groups is 2. The van der Waals surface area contributed by atoms with Crippen LogP contribution in [0, 0.1) is 5.82 Å². The van der Waals surface area contributed by atoms with Crippen LogP contribution >= 0.6 is 0 Å². The van der Waals surface area contributed by atoms with Crippen LogP contribution in [0.25, 0.3) is 5.69 Å². The Morgan fingerprint density at radius 2 is 2.00 bits per heavy atom. The van der Waals surface area contributed by atoms with Gasteiger partial charge in [0.15, 0.2) is 0 Å². The monoisotopic (exact) mass is 345 g/mol. The molecule has 0 radical (unpaired) electrons. The number of primary amides is 1. The summed E-state index contributed by atoms with van der Waals surface area (Å²) in [5.41, 5.74) is 7.17. The first-order valence-electron chi connectivity index (χ1n) is 8.02. The summed E-state index contributed by atoms with van der Waals surface area (Å²) in [4.78, 5) is 26.9. The van der Waals surface area contributed by atoms with E-state index in [0.717, 1.165) is 11.3 Å². The number of hydrogen-bond donors (Lipinski definition) is 1. The number of carbonyl (C=O) groups excluding carboxylic acids is 2. The second kappa shape index (κ2) is 7.02. The molecule has 0 spiro atoms. The van der Waals surface area contributed by atoms with E-state index in [4.69, 9.17) is 5.73 Å². The Balaban J connectivity index is 1.72. The fourth-order valence-corrected chi connectivity index (χ4v) is 2.98. The van der Waals surface area contributed by atoms with Crippen LogP contribution in [0.4, 0.5) is 4.39 Å². The lowest BCUT2D eigenvalue weighted by atomic mass is 10.1. The Morgan fingerprint density at radius 3 is 2.64 bits per heavy atom. The molecule has 2 heterocycles. The fraction of sp³-hybridized carbons (Fsp3) is 0.353. The summed E-state index contributed by atoms with van der Waals surface area (Å²) in [7, 11) is 0. The molecule has 0 bridgehead atoms. The SMILES string of the molecule is CC(=O)N1CCN(Cc2cnn(-c3ccc(F)cc3)c2)C(C(N)=O)C1. The average molecular weight is 345 g/mol. The van der Waals surface area contributed by atoms with Gasteiger partial charge in [-0.2, -0.15) is 5.10 Å². The minimum Gasteiger partial charge on any atom is -0.368 e. The molecular formula is C17H20FN5O2. The number of nitrogens with two attached hydrogens (primary N) is 1. The van der Waals surface area contributed by atoms with Gasteiger partial charge in [0.2, 0.25) is 11.8 Å². The molecular weight excluding hydrogens is 325 g/mol. The molecule has 2 amide bonds. The standard InChI is InChI=1S/C17H20FN5O2/c1-12(24)21-6-7-22(16(11-21)17(19)25)9-13-8-20-23(10-13)15-4-2-14(18)3-5-15/h2-5,8,10,16H,6-7,9,11H2,1H3,(H2,19,25). The first-order valence-corrected chi connectivity index (χ1v) is 8.02. The minimum absolute atomic E-state index is 0.0602. The van der Waals surface area contributed by atoms with Crippen molar-refractivity contribution in [1.82, 2.24) is 19.6 Å². The van der Waals surface area contributed by atoms with Crippen LogP contribution in [0.3, 0.4) is 0 Å². The predicted octanol–water partition coefficient (Wildman–Crippen LogP) is 0.529. The molecule has 2 aromatic rings. The molecule has 7 nitrogen and oxygen atoms in total. The van der Waals surface area contributed by atoms with E-state index in [1.54, 1.807) is 27.9 Å². The van der Waals surface area contributed by atoms with E-state index in [0.29, 0.717) is 26.2 Å². The van der Waals surface area contributed by atoms with E-state index in [-0.39, 0.29) is 11.7 Å². The van der Waals surface area contributed by atoms with Gasteiger partial charge in [0.05, 0.1) is 11.9 Å². The summed E-state index contributed by atoms with van der Waals surface area (Å²) >= 11 is 0. The normalized spacial score (nSPS) is 18.3. The predicted molar refractivity (Wildman–Crippen MR) is 89.2 cm³/mol. The topological polar surface area (TPSA) is 84.5 Å². The first kappa shape index (κ1) is 17.1. The van der Waals surface area contributed by atoms with Crippen LogP contribution in [-0.4, -0.2) is 57.1 Å². The molecule has 0 aliphatic carbocycles. The molecule has 1 aliphatic rings. The Labute approximate surface area is 144 Å². The van der Waals surface area contributed by atoms with Crippen molar-refractivity contribution in [2.24, 2.45) is 5.73 Å². The molecule has 25 heavy (non-hydrogen) atoms. The van der Waals surface area contributed by atoms with Crippen molar-refractivity contribution in [2.75, 3.05) is 19.6 Å². The van der Waals surface area contributed by atoms with Crippen LogP contribution in [0.1, 0.15) is 12.5 Å². The van der Waals surface area contributed by atoms with Gasteiger partial charge in [0.25, 0.3) is 0 Å². The minimum atomic E-state index is -0.521. The van der Waals surface area contributed by atoms with E-state index in [2.05, 4.69) is 5.10 Å². The quantitative estimate of drug-likeness (QED) is 0.876. The van der Waals surface area contributed by atoms with Crippen molar-refractivity contribution in [3.63, 3.8) is 0 Å². The Morgan fingerprint density at radius 1 is 1.28 bits per heavy atom. The molecule has 0 saturated carbocycles. The third-order valence-electron chi connectivity index (χ3n) is 4.38. The molecule has 1 atom stereocenters. The summed E-state index contributed by atoms with van der Waals surface area (Å²) in [6, 6.07) is 5.52. The lowest BCUT2D eigenvalue weighted by molar-refractivity contribution is -0.135. The number of piperazine rings is 1. The lowest BCUT2D eigenvalue weighted by Crippen LogP contribution is -2.58. The summed E-state index contributed by atoms with van der Waals surface area (Å²) in [5.74, 6) is -0.810. The summed E-state index contributed by atoms with van der Waals surface area (Å²) in [6.45, 7) is 3.41. The molecule has 1 unspecified atom stereocenters. The first-order chi connectivity index (χ1) is 11.9. The van der Waals surface area contributed by atoms with Gasteiger partial charge in [0.1, 0.15) is 11.9 Å². The summed E-state index contributed by atoms with van der Waals surface area (Å²) < 4.78 is 14.7. The number of amides is 2. The molecule has 1 fully saturated rings. The molecule has 1 aromatic carbocycles. The van der Waals surface area contributed by atoms with Crippen molar-refractivity contribution in [3.8, 4) is 5.69 Å².